The summed E-state index contributed by atoms with van der Waals surface area (Å²) in [6.07, 6.45) is 4.01. The van der Waals surface area contributed by atoms with E-state index in [4.69, 9.17) is 4.74 Å². The van der Waals surface area contributed by atoms with E-state index >= 15 is 0 Å². The fourth-order valence-corrected chi connectivity index (χ4v) is 3.03. The first-order valence-corrected chi connectivity index (χ1v) is 7.72. The van der Waals surface area contributed by atoms with Gasteiger partial charge in [0, 0.05) is 37.8 Å². The Morgan fingerprint density at radius 3 is 2.79 bits per heavy atom. The number of hydrogen-bond acceptors (Lipinski definition) is 3. The van der Waals surface area contributed by atoms with Crippen molar-refractivity contribution in [1.82, 2.24) is 5.32 Å². The van der Waals surface area contributed by atoms with E-state index in [0.29, 0.717) is 0 Å². The molecule has 0 aliphatic heterocycles. The second kappa shape index (κ2) is 7.27. The highest BCUT2D eigenvalue weighted by Crippen LogP contribution is 2.33. The fraction of sp³-hybridized carbons (Fsp3) is 0.600. The van der Waals surface area contributed by atoms with Crippen LogP contribution in [0, 0.1) is 0 Å². The minimum Gasteiger partial charge on any atom is -0.383 e. The number of nitrogens with zero attached hydrogens (tertiary/aromatic N) is 1. The van der Waals surface area contributed by atoms with Gasteiger partial charge in [-0.15, -0.1) is 0 Å². The lowest BCUT2D eigenvalue weighted by Gasteiger charge is -2.37. The highest BCUT2D eigenvalue weighted by atomic mass is 79.9. The van der Waals surface area contributed by atoms with Crippen LogP contribution in [-0.4, -0.2) is 33.4 Å². The summed E-state index contributed by atoms with van der Waals surface area (Å²) in [5, 5.41) is 3.36. The Morgan fingerprint density at radius 2 is 2.21 bits per heavy atom. The number of rotatable bonds is 7. The Balaban J connectivity index is 1.92. The Kier molecular flexibility index (Phi) is 5.67. The third kappa shape index (κ3) is 3.94. The minimum atomic E-state index is 0.724. The van der Waals surface area contributed by atoms with E-state index in [-0.39, 0.29) is 0 Å². The van der Waals surface area contributed by atoms with Gasteiger partial charge in [-0.25, -0.2) is 0 Å². The number of benzene rings is 1. The molecule has 3 nitrogen and oxygen atoms in total. The molecule has 1 aromatic rings. The van der Waals surface area contributed by atoms with Crippen molar-refractivity contribution in [2.24, 2.45) is 0 Å². The van der Waals surface area contributed by atoms with Crippen LogP contribution in [-0.2, 0) is 11.3 Å². The van der Waals surface area contributed by atoms with Crippen LogP contribution in [0.3, 0.4) is 0 Å². The van der Waals surface area contributed by atoms with E-state index in [1.807, 2.05) is 0 Å². The first-order chi connectivity index (χ1) is 9.22. The molecule has 19 heavy (non-hydrogen) atoms. The van der Waals surface area contributed by atoms with E-state index in [0.717, 1.165) is 25.7 Å². The normalized spacial score (nSPS) is 15.3. The summed E-state index contributed by atoms with van der Waals surface area (Å²) >= 11 is 3.70. The molecule has 0 saturated heterocycles. The molecule has 0 bridgehead atoms. The fourth-order valence-electron chi connectivity index (χ4n) is 2.32. The van der Waals surface area contributed by atoms with Crippen molar-refractivity contribution in [3.05, 3.63) is 28.2 Å². The highest BCUT2D eigenvalue weighted by molar-refractivity contribution is 9.10. The van der Waals surface area contributed by atoms with Crippen LogP contribution in [0.4, 0.5) is 5.69 Å². The van der Waals surface area contributed by atoms with Gasteiger partial charge in [0.15, 0.2) is 0 Å². The van der Waals surface area contributed by atoms with Crippen LogP contribution >= 0.6 is 15.9 Å². The van der Waals surface area contributed by atoms with Crippen molar-refractivity contribution < 1.29 is 4.74 Å². The largest absolute Gasteiger partial charge is 0.383 e. The van der Waals surface area contributed by atoms with Crippen molar-refractivity contribution >= 4 is 21.6 Å². The average Bonchev–Trinajstić information content (AvgIpc) is 2.32. The lowest BCUT2D eigenvalue weighted by atomic mass is 9.91. The van der Waals surface area contributed by atoms with Gasteiger partial charge in [-0.1, -0.05) is 6.07 Å². The number of nitrogens with one attached hydrogen (secondary N) is 1. The minimum absolute atomic E-state index is 0.724. The molecule has 0 atom stereocenters. The zero-order valence-corrected chi connectivity index (χ0v) is 13.4. The molecule has 2 rings (SSSR count). The molecule has 0 spiro atoms. The lowest BCUT2D eigenvalue weighted by molar-refractivity contribution is 0.199. The molecule has 0 amide bonds. The van der Waals surface area contributed by atoms with Crippen LogP contribution < -0.4 is 10.2 Å². The molecule has 106 valence electrons. The van der Waals surface area contributed by atoms with Gasteiger partial charge in [0.2, 0.25) is 0 Å². The molecule has 1 saturated carbocycles. The molecular weight excluding hydrogens is 304 g/mol. The summed E-state index contributed by atoms with van der Waals surface area (Å²) < 4.78 is 6.21. The van der Waals surface area contributed by atoms with Crippen LogP contribution in [0.1, 0.15) is 24.8 Å². The second-order valence-corrected chi connectivity index (χ2v) is 6.01. The number of methoxy groups -OCH3 is 1. The molecule has 0 unspecified atom stereocenters. The molecule has 4 heteroatoms. The average molecular weight is 327 g/mol. The van der Waals surface area contributed by atoms with E-state index in [2.05, 4.69) is 51.4 Å². The molecule has 1 fully saturated rings. The number of halogens is 1. The van der Waals surface area contributed by atoms with Crippen molar-refractivity contribution in [1.29, 1.82) is 0 Å². The number of hydrogen-bond donors (Lipinski definition) is 1. The summed E-state index contributed by atoms with van der Waals surface area (Å²) in [7, 11) is 3.92. The highest BCUT2D eigenvalue weighted by Gasteiger charge is 2.23. The zero-order chi connectivity index (χ0) is 13.7. The van der Waals surface area contributed by atoms with E-state index in [9.17, 15) is 0 Å². The van der Waals surface area contributed by atoms with Crippen LogP contribution in [0.2, 0.25) is 0 Å². The van der Waals surface area contributed by atoms with E-state index in [1.165, 1.54) is 35.0 Å². The molecule has 1 aliphatic carbocycles. The summed E-state index contributed by atoms with van der Waals surface area (Å²) in [5.74, 6) is 0. The predicted molar refractivity (Wildman–Crippen MR) is 83.8 cm³/mol. The Morgan fingerprint density at radius 1 is 1.42 bits per heavy atom. The maximum absolute atomic E-state index is 5.02. The third-order valence-corrected chi connectivity index (χ3v) is 4.46. The van der Waals surface area contributed by atoms with Crippen molar-refractivity contribution in [2.75, 3.05) is 32.2 Å². The Bertz CT molecular complexity index is 407. The Hall–Kier alpha value is -0.580. The van der Waals surface area contributed by atoms with Crippen LogP contribution in [0.5, 0.6) is 0 Å². The van der Waals surface area contributed by atoms with E-state index < -0.39 is 0 Å². The summed E-state index contributed by atoms with van der Waals surface area (Å²) in [6.45, 7) is 2.52. The third-order valence-electron chi connectivity index (χ3n) is 3.83. The van der Waals surface area contributed by atoms with Gasteiger partial charge in [0.1, 0.15) is 0 Å². The van der Waals surface area contributed by atoms with Gasteiger partial charge >= 0.3 is 0 Å². The summed E-state index contributed by atoms with van der Waals surface area (Å²) in [6, 6.07) is 7.36. The maximum atomic E-state index is 5.02. The first-order valence-electron chi connectivity index (χ1n) is 6.93. The molecule has 1 N–H and O–H groups in total. The SMILES string of the molecule is COCCNCc1ccc(N(C)C2CCC2)c(Br)c1. The van der Waals surface area contributed by atoms with Gasteiger partial charge in [0.25, 0.3) is 0 Å². The summed E-state index contributed by atoms with van der Waals surface area (Å²) in [4.78, 5) is 2.40. The molecule has 1 aliphatic rings. The van der Waals surface area contributed by atoms with Gasteiger partial charge in [0.05, 0.1) is 12.3 Å². The number of anilines is 1. The smallest absolute Gasteiger partial charge is 0.0587 e. The lowest BCUT2D eigenvalue weighted by Crippen LogP contribution is -2.37. The summed E-state index contributed by atoms with van der Waals surface area (Å²) in [5.41, 5.74) is 2.60. The number of ether oxygens (including phenoxy) is 1. The Labute approximate surface area is 124 Å². The van der Waals surface area contributed by atoms with Crippen LogP contribution in [0.25, 0.3) is 0 Å². The monoisotopic (exact) mass is 326 g/mol. The predicted octanol–water partition coefficient (Wildman–Crippen LogP) is 3.17. The quantitative estimate of drug-likeness (QED) is 0.779. The van der Waals surface area contributed by atoms with Crippen LogP contribution in [0.15, 0.2) is 22.7 Å². The molecule has 0 radical (unpaired) electrons. The van der Waals surface area contributed by atoms with E-state index in [1.54, 1.807) is 7.11 Å². The van der Waals surface area contributed by atoms with Gasteiger partial charge in [-0.2, -0.15) is 0 Å². The van der Waals surface area contributed by atoms with Gasteiger partial charge < -0.3 is 15.0 Å². The van der Waals surface area contributed by atoms with Crippen molar-refractivity contribution in [3.63, 3.8) is 0 Å². The zero-order valence-electron chi connectivity index (χ0n) is 11.8. The van der Waals surface area contributed by atoms with Gasteiger partial charge in [-0.05, 0) is 52.9 Å². The van der Waals surface area contributed by atoms with Crippen molar-refractivity contribution in [3.8, 4) is 0 Å². The topological polar surface area (TPSA) is 24.5 Å². The maximum Gasteiger partial charge on any atom is 0.0587 e. The molecular formula is C15H23BrN2O. The second-order valence-electron chi connectivity index (χ2n) is 5.15. The molecule has 1 aromatic carbocycles. The van der Waals surface area contributed by atoms with Crippen molar-refractivity contribution in [2.45, 2.75) is 31.8 Å². The molecule has 0 aromatic heterocycles. The standard InChI is InChI=1S/C15H23BrN2O/c1-18(13-4-3-5-13)15-7-6-12(10-14(15)16)11-17-8-9-19-2/h6-7,10,13,17H,3-5,8-9,11H2,1-2H3. The molecule has 0 heterocycles. The first kappa shape index (κ1) is 14.8. The van der Waals surface area contributed by atoms with Gasteiger partial charge in [-0.3, -0.25) is 0 Å².